The average molecular weight is 319 g/mol. The zero-order chi connectivity index (χ0) is 16.6. The largest absolute Gasteiger partial charge is 0.384 e. The van der Waals surface area contributed by atoms with Crippen molar-refractivity contribution in [1.29, 1.82) is 0 Å². The Hall–Kier alpha value is -1.89. The Bertz CT molecular complexity index is 771. The highest BCUT2D eigenvalue weighted by Gasteiger charge is 2.34. The second kappa shape index (κ2) is 5.96. The van der Waals surface area contributed by atoms with Crippen LogP contribution in [0.3, 0.4) is 0 Å². The minimum absolute atomic E-state index is 0.0761. The van der Waals surface area contributed by atoms with Crippen LogP contribution < -0.4 is 10.9 Å². The van der Waals surface area contributed by atoms with Crippen LogP contribution in [0.4, 0.5) is 5.95 Å². The molecule has 1 aliphatic rings. The highest BCUT2D eigenvalue weighted by atomic mass is 16.5. The topological polar surface area (TPSA) is 74.0 Å². The molecule has 0 amide bonds. The lowest BCUT2D eigenvalue weighted by Crippen LogP contribution is -2.33. The highest BCUT2D eigenvalue weighted by Crippen LogP contribution is 2.38. The Kier molecular flexibility index (Phi) is 4.14. The third kappa shape index (κ3) is 2.73. The predicted molar refractivity (Wildman–Crippen MR) is 89.8 cm³/mol. The van der Waals surface area contributed by atoms with Gasteiger partial charge in [-0.2, -0.15) is 5.10 Å². The van der Waals surface area contributed by atoms with Gasteiger partial charge in [-0.1, -0.05) is 12.8 Å². The number of aryl methyl sites for hydroxylation is 2. The van der Waals surface area contributed by atoms with Crippen LogP contribution in [0.5, 0.6) is 0 Å². The van der Waals surface area contributed by atoms with Gasteiger partial charge in [0.25, 0.3) is 5.56 Å². The smallest absolute Gasteiger partial charge is 0.280 e. The maximum absolute atomic E-state index is 12.6. The summed E-state index contributed by atoms with van der Waals surface area (Å²) in [5.41, 5.74) is 2.06. The molecule has 0 saturated heterocycles. The van der Waals surface area contributed by atoms with Crippen LogP contribution in [0.15, 0.2) is 4.79 Å². The zero-order valence-electron chi connectivity index (χ0n) is 14.3. The molecule has 1 N–H and O–H groups in total. The van der Waals surface area contributed by atoms with Gasteiger partial charge in [0.15, 0.2) is 5.52 Å². The van der Waals surface area contributed by atoms with Crippen molar-refractivity contribution in [2.45, 2.75) is 32.6 Å². The molecule has 0 spiro atoms. The van der Waals surface area contributed by atoms with Gasteiger partial charge in [0, 0.05) is 33.2 Å². The van der Waals surface area contributed by atoms with Crippen molar-refractivity contribution in [3.05, 3.63) is 16.0 Å². The van der Waals surface area contributed by atoms with E-state index in [1.54, 1.807) is 30.5 Å². The Morgan fingerprint density at radius 2 is 2.00 bits per heavy atom. The van der Waals surface area contributed by atoms with Gasteiger partial charge in [-0.15, -0.1) is 0 Å². The molecule has 0 unspecified atom stereocenters. The molecule has 1 fully saturated rings. The molecule has 0 radical (unpaired) electrons. The second-order valence-electron chi connectivity index (χ2n) is 6.70. The summed E-state index contributed by atoms with van der Waals surface area (Å²) in [6, 6.07) is 0. The van der Waals surface area contributed by atoms with Gasteiger partial charge < -0.3 is 10.1 Å². The lowest BCUT2D eigenvalue weighted by Gasteiger charge is -2.28. The van der Waals surface area contributed by atoms with E-state index >= 15 is 0 Å². The molecule has 1 aliphatic carbocycles. The maximum Gasteiger partial charge on any atom is 0.280 e. The summed E-state index contributed by atoms with van der Waals surface area (Å²) in [7, 11) is 5.27. The van der Waals surface area contributed by atoms with Gasteiger partial charge >= 0.3 is 0 Å². The predicted octanol–water partition coefficient (Wildman–Crippen LogP) is 1.59. The number of hydrogen-bond donors (Lipinski definition) is 1. The van der Waals surface area contributed by atoms with Crippen molar-refractivity contribution >= 4 is 17.0 Å². The van der Waals surface area contributed by atoms with Crippen molar-refractivity contribution in [3.63, 3.8) is 0 Å². The molecule has 2 aromatic rings. The van der Waals surface area contributed by atoms with E-state index in [9.17, 15) is 4.79 Å². The van der Waals surface area contributed by atoms with E-state index in [-0.39, 0.29) is 11.0 Å². The summed E-state index contributed by atoms with van der Waals surface area (Å²) in [5.74, 6) is 0.598. The molecule has 126 valence electrons. The third-order valence-corrected chi connectivity index (χ3v) is 4.97. The van der Waals surface area contributed by atoms with Gasteiger partial charge in [0.2, 0.25) is 5.95 Å². The first-order valence-corrected chi connectivity index (χ1v) is 8.10. The number of anilines is 1. The summed E-state index contributed by atoms with van der Waals surface area (Å²) < 4.78 is 8.59. The fourth-order valence-electron chi connectivity index (χ4n) is 3.68. The van der Waals surface area contributed by atoms with Crippen molar-refractivity contribution < 1.29 is 4.74 Å². The van der Waals surface area contributed by atoms with Gasteiger partial charge in [-0.3, -0.25) is 14.0 Å². The zero-order valence-corrected chi connectivity index (χ0v) is 14.3. The lowest BCUT2D eigenvalue weighted by molar-refractivity contribution is 0.0921. The number of aromatic nitrogens is 4. The number of ether oxygens (including phenoxy) is 1. The minimum Gasteiger partial charge on any atom is -0.384 e. The number of rotatable bonds is 5. The normalized spacial score (nSPS) is 17.0. The fourth-order valence-corrected chi connectivity index (χ4v) is 3.68. The van der Waals surface area contributed by atoms with Crippen LogP contribution >= 0.6 is 0 Å². The SMILES string of the molecule is COCC1(CNc2nc3c(C)nn(C)c3c(=O)n2C)CCCC1. The highest BCUT2D eigenvalue weighted by molar-refractivity contribution is 5.77. The molecule has 1 saturated carbocycles. The molecule has 2 aromatic heterocycles. The third-order valence-electron chi connectivity index (χ3n) is 4.97. The Balaban J connectivity index is 1.93. The Labute approximate surface area is 135 Å². The van der Waals surface area contributed by atoms with Gasteiger partial charge in [0.1, 0.15) is 5.52 Å². The Morgan fingerprint density at radius 3 is 2.65 bits per heavy atom. The second-order valence-corrected chi connectivity index (χ2v) is 6.70. The van der Waals surface area contributed by atoms with Crippen molar-refractivity contribution in [2.24, 2.45) is 19.5 Å². The van der Waals surface area contributed by atoms with Crippen LogP contribution in [-0.4, -0.2) is 39.6 Å². The summed E-state index contributed by atoms with van der Waals surface area (Å²) in [4.78, 5) is 17.2. The molecule has 7 nitrogen and oxygen atoms in total. The molecule has 23 heavy (non-hydrogen) atoms. The van der Waals surface area contributed by atoms with Gasteiger partial charge in [-0.05, 0) is 19.8 Å². The number of hydrogen-bond acceptors (Lipinski definition) is 5. The molecule has 2 heterocycles. The van der Waals surface area contributed by atoms with Gasteiger partial charge in [-0.25, -0.2) is 4.98 Å². The first-order valence-electron chi connectivity index (χ1n) is 8.10. The van der Waals surface area contributed by atoms with Crippen LogP contribution in [0.25, 0.3) is 11.0 Å². The molecule has 7 heteroatoms. The summed E-state index contributed by atoms with van der Waals surface area (Å²) in [6.07, 6.45) is 4.77. The van der Waals surface area contributed by atoms with Crippen LogP contribution in [-0.2, 0) is 18.8 Å². The summed E-state index contributed by atoms with van der Waals surface area (Å²) >= 11 is 0. The maximum atomic E-state index is 12.6. The first kappa shape index (κ1) is 16.0. The number of fused-ring (bicyclic) bond motifs is 1. The average Bonchev–Trinajstić information content (AvgIpc) is 3.07. The fraction of sp³-hybridized carbons (Fsp3) is 0.688. The van der Waals surface area contributed by atoms with Gasteiger partial charge in [0.05, 0.1) is 12.3 Å². The quantitative estimate of drug-likeness (QED) is 0.906. The molecule has 0 aliphatic heterocycles. The van der Waals surface area contributed by atoms with Crippen LogP contribution in [0, 0.1) is 12.3 Å². The summed E-state index contributed by atoms with van der Waals surface area (Å²) in [5, 5.41) is 7.69. The molecular weight excluding hydrogens is 294 g/mol. The lowest BCUT2D eigenvalue weighted by atomic mass is 9.87. The van der Waals surface area contributed by atoms with Crippen molar-refractivity contribution in [3.8, 4) is 0 Å². The first-order chi connectivity index (χ1) is 11.0. The molecular formula is C16H25N5O2. The van der Waals surface area contributed by atoms with E-state index in [4.69, 9.17) is 4.74 Å². The van der Waals surface area contributed by atoms with Crippen LogP contribution in [0.1, 0.15) is 31.4 Å². The van der Waals surface area contributed by atoms with E-state index in [0.29, 0.717) is 17.0 Å². The number of nitrogens with zero attached hydrogens (tertiary/aromatic N) is 4. The molecule has 0 bridgehead atoms. The molecule has 0 atom stereocenters. The standard InChI is InChI=1S/C16H25N5O2/c1-11-12-13(21(3)19-11)14(22)20(2)15(18-12)17-9-16(10-23-4)7-5-6-8-16/h5-10H2,1-4H3,(H,17,18). The van der Waals surface area contributed by atoms with Crippen molar-refractivity contribution in [1.82, 2.24) is 19.3 Å². The van der Waals surface area contributed by atoms with E-state index in [0.717, 1.165) is 31.7 Å². The van der Waals surface area contributed by atoms with E-state index in [2.05, 4.69) is 15.4 Å². The molecule has 3 rings (SSSR count). The monoisotopic (exact) mass is 319 g/mol. The summed E-state index contributed by atoms with van der Waals surface area (Å²) in [6.45, 7) is 3.38. The van der Waals surface area contributed by atoms with Crippen molar-refractivity contribution in [2.75, 3.05) is 25.6 Å². The van der Waals surface area contributed by atoms with E-state index < -0.39 is 0 Å². The Morgan fingerprint density at radius 1 is 1.30 bits per heavy atom. The number of methoxy groups -OCH3 is 1. The van der Waals surface area contributed by atoms with E-state index in [1.807, 2.05) is 6.92 Å². The number of nitrogens with one attached hydrogen (secondary N) is 1. The molecule has 0 aromatic carbocycles. The minimum atomic E-state index is -0.0761. The van der Waals surface area contributed by atoms with Crippen LogP contribution in [0.2, 0.25) is 0 Å². The van der Waals surface area contributed by atoms with E-state index in [1.165, 1.54) is 12.8 Å².